The van der Waals surface area contributed by atoms with Gasteiger partial charge >= 0.3 is 0 Å². The number of nitrogens with one attached hydrogen (secondary N) is 1. The SMILES string of the molecule is C[C@@H]1[C@H](CN2CCN(c3ccc([N+](=O)[O-])cc3)CC2)O[C@H](c2ccc(-c3cccc(CNS(=O)(=O)c4ccccc4)c3)cc2)O[C@@H]1c1ccc(CO)cc1. The quantitative estimate of drug-likeness (QED) is 0.104. The fraction of sp³-hybridized carbons (Fsp3) is 0.286. The van der Waals surface area contributed by atoms with Gasteiger partial charge < -0.3 is 19.5 Å². The van der Waals surface area contributed by atoms with Crippen molar-refractivity contribution in [2.75, 3.05) is 37.6 Å². The summed E-state index contributed by atoms with van der Waals surface area (Å²) in [6, 6.07) is 38.9. The highest BCUT2D eigenvalue weighted by atomic mass is 32.2. The number of nitro benzene ring substituents is 1. The molecule has 0 bridgehead atoms. The minimum atomic E-state index is -3.63. The Hall–Kier alpha value is -4.95. The molecule has 2 aliphatic heterocycles. The van der Waals surface area contributed by atoms with Crippen molar-refractivity contribution in [1.29, 1.82) is 0 Å². The van der Waals surface area contributed by atoms with Crippen LogP contribution in [0, 0.1) is 16.0 Å². The highest BCUT2D eigenvalue weighted by Crippen LogP contribution is 2.42. The molecular weight excluding hydrogens is 705 g/mol. The van der Waals surface area contributed by atoms with E-state index in [4.69, 9.17) is 9.47 Å². The highest BCUT2D eigenvalue weighted by molar-refractivity contribution is 7.89. The van der Waals surface area contributed by atoms with Gasteiger partial charge in [-0.1, -0.05) is 91.9 Å². The third-order valence-corrected chi connectivity index (χ3v) is 11.7. The first-order valence-corrected chi connectivity index (χ1v) is 19.6. The summed E-state index contributed by atoms with van der Waals surface area (Å²) >= 11 is 0. The van der Waals surface area contributed by atoms with Crippen molar-refractivity contribution in [3.63, 3.8) is 0 Å². The molecule has 0 unspecified atom stereocenters. The molecule has 0 radical (unpaired) electrons. The van der Waals surface area contributed by atoms with Gasteiger partial charge in [0.25, 0.3) is 5.69 Å². The molecule has 0 aliphatic carbocycles. The standard InChI is InChI=1S/C42H44N4O7S/c1-30-40(28-44-22-24-45(25-23-44)37-18-20-38(21-19-37)46(48)49)52-42(53-41(30)34-12-10-31(29-47)11-13-34)35-16-14-33(15-17-35)36-7-5-6-32(26-36)27-43-54(50,51)39-8-3-2-4-9-39/h2-21,26,30,40-43,47H,22-25,27-29H2,1H3/t30-,40+,41+,42+/m1/s1. The van der Waals surface area contributed by atoms with Gasteiger partial charge in [-0.25, -0.2) is 13.1 Å². The Kier molecular flexibility index (Phi) is 11.5. The van der Waals surface area contributed by atoms with Crippen molar-refractivity contribution in [2.45, 2.75) is 43.5 Å². The van der Waals surface area contributed by atoms with Gasteiger partial charge in [0.2, 0.25) is 10.0 Å². The minimum absolute atomic E-state index is 0.0277. The number of aliphatic hydroxyl groups excluding tert-OH is 1. The Balaban J connectivity index is 1.04. The summed E-state index contributed by atoms with van der Waals surface area (Å²) < 4.78 is 41.7. The zero-order chi connectivity index (χ0) is 37.7. The van der Waals surface area contributed by atoms with Crippen LogP contribution >= 0.6 is 0 Å². The molecule has 7 rings (SSSR count). The fourth-order valence-corrected chi connectivity index (χ4v) is 8.15. The van der Waals surface area contributed by atoms with Crippen molar-refractivity contribution in [3.8, 4) is 11.1 Å². The summed E-state index contributed by atoms with van der Waals surface area (Å²) in [7, 11) is -3.63. The molecule has 0 aromatic heterocycles. The Morgan fingerprint density at radius 1 is 0.778 bits per heavy atom. The first-order valence-electron chi connectivity index (χ1n) is 18.1. The zero-order valence-corrected chi connectivity index (χ0v) is 30.8. The van der Waals surface area contributed by atoms with E-state index in [0.29, 0.717) is 0 Å². The Morgan fingerprint density at radius 2 is 1.46 bits per heavy atom. The van der Waals surface area contributed by atoms with Crippen LogP contribution in [0.25, 0.3) is 11.1 Å². The monoisotopic (exact) mass is 748 g/mol. The van der Waals surface area contributed by atoms with Gasteiger partial charge in [0.05, 0.1) is 28.6 Å². The molecule has 0 amide bonds. The second-order valence-corrected chi connectivity index (χ2v) is 15.6. The number of aliphatic hydroxyl groups is 1. The van der Waals surface area contributed by atoms with Crippen molar-refractivity contribution in [2.24, 2.45) is 5.92 Å². The predicted octanol–water partition coefficient (Wildman–Crippen LogP) is 6.85. The van der Waals surface area contributed by atoms with E-state index in [9.17, 15) is 23.6 Å². The first kappa shape index (κ1) is 37.4. The summed E-state index contributed by atoms with van der Waals surface area (Å²) in [4.78, 5) is 15.6. The van der Waals surface area contributed by atoms with E-state index in [1.165, 1.54) is 0 Å². The van der Waals surface area contributed by atoms with E-state index < -0.39 is 16.3 Å². The van der Waals surface area contributed by atoms with Crippen LogP contribution in [0.15, 0.2) is 132 Å². The normalized spacial score (nSPS) is 20.8. The molecule has 4 atom stereocenters. The lowest BCUT2D eigenvalue weighted by molar-refractivity contribution is -0.384. The number of nitro groups is 1. The molecule has 12 heteroatoms. The summed E-state index contributed by atoms with van der Waals surface area (Å²) in [6.45, 7) is 6.27. The first-order chi connectivity index (χ1) is 26.2. The maximum atomic E-state index is 12.8. The number of non-ortho nitro benzene ring substituents is 1. The minimum Gasteiger partial charge on any atom is -0.392 e. The molecule has 2 heterocycles. The molecule has 2 aliphatic rings. The number of ether oxygens (including phenoxy) is 2. The van der Waals surface area contributed by atoms with E-state index in [1.807, 2.05) is 84.9 Å². The summed E-state index contributed by atoms with van der Waals surface area (Å²) in [5, 5.41) is 20.7. The van der Waals surface area contributed by atoms with Crippen molar-refractivity contribution < 1.29 is 27.9 Å². The topological polar surface area (TPSA) is 134 Å². The maximum Gasteiger partial charge on any atom is 0.269 e. The third-order valence-electron chi connectivity index (χ3n) is 10.3. The number of anilines is 1. The lowest BCUT2D eigenvalue weighted by Crippen LogP contribution is -2.51. The van der Waals surface area contributed by atoms with E-state index in [1.54, 1.807) is 42.5 Å². The highest BCUT2D eigenvalue weighted by Gasteiger charge is 2.39. The number of nitrogens with zero attached hydrogens (tertiary/aromatic N) is 3. The zero-order valence-electron chi connectivity index (χ0n) is 30.0. The summed E-state index contributed by atoms with van der Waals surface area (Å²) in [6.07, 6.45) is -0.977. The summed E-state index contributed by atoms with van der Waals surface area (Å²) in [5.41, 5.74) is 6.61. The average Bonchev–Trinajstić information content (AvgIpc) is 3.22. The van der Waals surface area contributed by atoms with Gasteiger partial charge in [-0.05, 0) is 58.1 Å². The van der Waals surface area contributed by atoms with E-state index in [2.05, 4.69) is 21.4 Å². The van der Waals surface area contributed by atoms with Crippen LogP contribution in [0.4, 0.5) is 11.4 Å². The van der Waals surface area contributed by atoms with Gasteiger partial charge in [-0.2, -0.15) is 0 Å². The number of rotatable bonds is 12. The van der Waals surface area contributed by atoms with Crippen LogP contribution in [-0.2, 0) is 32.6 Å². The number of hydrogen-bond donors (Lipinski definition) is 2. The molecule has 2 saturated heterocycles. The second kappa shape index (κ2) is 16.6. The number of hydrogen-bond acceptors (Lipinski definition) is 9. The van der Waals surface area contributed by atoms with Gasteiger partial charge in [0, 0.05) is 68.6 Å². The Labute approximate surface area is 316 Å². The smallest absolute Gasteiger partial charge is 0.269 e. The molecule has 54 heavy (non-hydrogen) atoms. The molecule has 0 saturated carbocycles. The number of piperazine rings is 1. The van der Waals surface area contributed by atoms with E-state index in [-0.39, 0.29) is 46.8 Å². The number of benzene rings is 5. The molecule has 11 nitrogen and oxygen atoms in total. The van der Waals surface area contributed by atoms with E-state index in [0.717, 1.165) is 71.8 Å². The molecule has 280 valence electrons. The average molecular weight is 749 g/mol. The molecule has 5 aromatic carbocycles. The van der Waals surface area contributed by atoms with Gasteiger partial charge in [0.1, 0.15) is 0 Å². The number of sulfonamides is 1. The molecular formula is C42H44N4O7S. The van der Waals surface area contributed by atoms with Crippen molar-refractivity contribution >= 4 is 21.4 Å². The van der Waals surface area contributed by atoms with Crippen LogP contribution in [0.5, 0.6) is 0 Å². The third kappa shape index (κ3) is 8.71. The maximum absolute atomic E-state index is 12.8. The van der Waals surface area contributed by atoms with Crippen LogP contribution in [0.1, 0.15) is 41.6 Å². The molecule has 0 spiro atoms. The van der Waals surface area contributed by atoms with Crippen LogP contribution in [0.2, 0.25) is 0 Å². The lowest BCUT2D eigenvalue weighted by atomic mass is 9.89. The van der Waals surface area contributed by atoms with Gasteiger partial charge in [-0.3, -0.25) is 15.0 Å². The van der Waals surface area contributed by atoms with E-state index >= 15 is 0 Å². The predicted molar refractivity (Wildman–Crippen MR) is 207 cm³/mol. The van der Waals surface area contributed by atoms with Gasteiger partial charge in [0.15, 0.2) is 6.29 Å². The fourth-order valence-electron chi connectivity index (χ4n) is 7.11. The molecule has 5 aromatic rings. The van der Waals surface area contributed by atoms with Crippen LogP contribution < -0.4 is 9.62 Å². The molecule has 2 fully saturated rings. The Bertz CT molecular complexity index is 2130. The van der Waals surface area contributed by atoms with Gasteiger partial charge in [-0.15, -0.1) is 0 Å². The van der Waals surface area contributed by atoms with Crippen LogP contribution in [0.3, 0.4) is 0 Å². The Morgan fingerprint density at radius 3 is 2.13 bits per heavy atom. The van der Waals surface area contributed by atoms with Crippen molar-refractivity contribution in [1.82, 2.24) is 9.62 Å². The largest absolute Gasteiger partial charge is 0.392 e. The second-order valence-electron chi connectivity index (χ2n) is 13.8. The lowest BCUT2D eigenvalue weighted by Gasteiger charge is -2.44. The summed E-state index contributed by atoms with van der Waals surface area (Å²) in [5.74, 6) is 0.0373. The van der Waals surface area contributed by atoms with Crippen molar-refractivity contribution in [3.05, 3.63) is 160 Å². The molecule has 2 N–H and O–H groups in total. The van der Waals surface area contributed by atoms with Crippen LogP contribution in [-0.4, -0.2) is 62.2 Å².